The number of benzene rings is 1. The number of fused-ring (bicyclic) bond motifs is 1. The van der Waals surface area contributed by atoms with Crippen LogP contribution in [0.25, 0.3) is 0 Å². The molecule has 102 valence electrons. The monoisotopic (exact) mass is 262 g/mol. The second-order valence-electron chi connectivity index (χ2n) is 5.67. The Kier molecular flexibility index (Phi) is 3.17. The van der Waals surface area contributed by atoms with Crippen LogP contribution >= 0.6 is 0 Å². The van der Waals surface area contributed by atoms with Crippen molar-refractivity contribution in [1.29, 1.82) is 0 Å². The maximum absolute atomic E-state index is 13.4. The average Bonchev–Trinajstić information content (AvgIpc) is 2.80. The number of likely N-dealkylation sites (tertiary alicyclic amines) is 1. The van der Waals surface area contributed by atoms with E-state index >= 15 is 0 Å². The Balaban J connectivity index is 1.83. The molecule has 2 fully saturated rings. The molecule has 0 bridgehead atoms. The van der Waals surface area contributed by atoms with E-state index in [1.807, 2.05) is 4.90 Å². The molecule has 1 aromatic rings. The van der Waals surface area contributed by atoms with Crippen molar-refractivity contribution in [3.8, 4) is 0 Å². The molecule has 3 rings (SSSR count). The predicted molar refractivity (Wildman–Crippen MR) is 72.2 cm³/mol. The number of nitrogen functional groups attached to an aromatic ring is 1. The number of amides is 1. The van der Waals surface area contributed by atoms with Gasteiger partial charge in [-0.05, 0) is 43.4 Å². The number of carbonyl (C=O) groups excluding carboxylic acids is 1. The van der Waals surface area contributed by atoms with Crippen LogP contribution in [-0.4, -0.2) is 23.4 Å². The summed E-state index contributed by atoms with van der Waals surface area (Å²) in [6, 6.07) is 4.45. The lowest BCUT2D eigenvalue weighted by Gasteiger charge is -2.31. The summed E-state index contributed by atoms with van der Waals surface area (Å²) in [4.78, 5) is 14.4. The lowest BCUT2D eigenvalue weighted by Crippen LogP contribution is -2.39. The highest BCUT2D eigenvalue weighted by Gasteiger charge is 2.38. The van der Waals surface area contributed by atoms with Gasteiger partial charge in [-0.2, -0.15) is 0 Å². The van der Waals surface area contributed by atoms with Gasteiger partial charge in [-0.1, -0.05) is 12.8 Å². The first-order valence-corrected chi connectivity index (χ1v) is 7.02. The maximum atomic E-state index is 13.4. The molecular formula is C15H19FN2O. The van der Waals surface area contributed by atoms with E-state index in [4.69, 9.17) is 5.73 Å². The van der Waals surface area contributed by atoms with Gasteiger partial charge >= 0.3 is 0 Å². The number of nitrogens with two attached hydrogens (primary N) is 1. The fourth-order valence-corrected chi connectivity index (χ4v) is 3.56. The molecule has 1 amide bonds. The lowest BCUT2D eigenvalue weighted by atomic mass is 9.85. The SMILES string of the molecule is Nc1cc(F)cc(C(=O)N2CCC3CCCCC32)c1. The summed E-state index contributed by atoms with van der Waals surface area (Å²) >= 11 is 0. The van der Waals surface area contributed by atoms with Gasteiger partial charge in [0.25, 0.3) is 5.91 Å². The Hall–Kier alpha value is -1.58. The fraction of sp³-hybridized carbons (Fsp3) is 0.533. The van der Waals surface area contributed by atoms with Crippen molar-refractivity contribution in [2.24, 2.45) is 5.92 Å². The molecule has 1 saturated carbocycles. The zero-order valence-corrected chi connectivity index (χ0v) is 10.9. The summed E-state index contributed by atoms with van der Waals surface area (Å²) < 4.78 is 13.4. The van der Waals surface area contributed by atoms with E-state index in [1.165, 1.54) is 31.4 Å². The van der Waals surface area contributed by atoms with Gasteiger partial charge in [-0.3, -0.25) is 4.79 Å². The minimum Gasteiger partial charge on any atom is -0.399 e. The van der Waals surface area contributed by atoms with Gasteiger partial charge in [0.05, 0.1) is 0 Å². The van der Waals surface area contributed by atoms with Gasteiger partial charge in [-0.25, -0.2) is 4.39 Å². The third-order valence-corrected chi connectivity index (χ3v) is 4.44. The molecule has 3 nitrogen and oxygen atoms in total. The minimum absolute atomic E-state index is 0.0689. The van der Waals surface area contributed by atoms with Gasteiger partial charge < -0.3 is 10.6 Å². The van der Waals surface area contributed by atoms with Crippen molar-refractivity contribution >= 4 is 11.6 Å². The van der Waals surface area contributed by atoms with Crippen LogP contribution < -0.4 is 5.73 Å². The van der Waals surface area contributed by atoms with Crippen LogP contribution in [0.3, 0.4) is 0 Å². The van der Waals surface area contributed by atoms with E-state index < -0.39 is 5.82 Å². The van der Waals surface area contributed by atoms with E-state index in [0.29, 0.717) is 23.2 Å². The molecule has 1 aliphatic carbocycles. The van der Waals surface area contributed by atoms with Crippen molar-refractivity contribution in [1.82, 2.24) is 4.90 Å². The second kappa shape index (κ2) is 4.83. The Labute approximate surface area is 112 Å². The van der Waals surface area contributed by atoms with Crippen LogP contribution in [0.5, 0.6) is 0 Å². The minimum atomic E-state index is -0.442. The third-order valence-electron chi connectivity index (χ3n) is 4.44. The Bertz CT molecular complexity index is 483. The first kappa shape index (κ1) is 12.5. The Morgan fingerprint density at radius 3 is 2.79 bits per heavy atom. The van der Waals surface area contributed by atoms with Crippen LogP contribution in [0.15, 0.2) is 18.2 Å². The van der Waals surface area contributed by atoms with E-state index in [9.17, 15) is 9.18 Å². The van der Waals surface area contributed by atoms with Gasteiger partial charge in [0, 0.05) is 23.8 Å². The van der Waals surface area contributed by atoms with Crippen molar-refractivity contribution in [3.05, 3.63) is 29.6 Å². The standard InChI is InChI=1S/C15H19FN2O/c16-12-7-11(8-13(17)9-12)15(19)18-6-5-10-3-1-2-4-14(10)18/h7-10,14H,1-6,17H2. The number of hydrogen-bond acceptors (Lipinski definition) is 2. The molecule has 2 N–H and O–H groups in total. The maximum Gasteiger partial charge on any atom is 0.254 e. The molecular weight excluding hydrogens is 243 g/mol. The summed E-state index contributed by atoms with van der Waals surface area (Å²) in [5.41, 5.74) is 6.30. The van der Waals surface area contributed by atoms with Gasteiger partial charge in [0.2, 0.25) is 0 Å². The summed E-state index contributed by atoms with van der Waals surface area (Å²) in [5, 5.41) is 0. The summed E-state index contributed by atoms with van der Waals surface area (Å²) in [7, 11) is 0. The molecule has 1 saturated heterocycles. The molecule has 2 atom stereocenters. The molecule has 1 heterocycles. The topological polar surface area (TPSA) is 46.3 Å². The molecule has 1 aromatic carbocycles. The van der Waals surface area contributed by atoms with Crippen LogP contribution in [0, 0.1) is 11.7 Å². The summed E-state index contributed by atoms with van der Waals surface area (Å²) in [5.74, 6) is 0.131. The molecule has 0 spiro atoms. The summed E-state index contributed by atoms with van der Waals surface area (Å²) in [6.45, 7) is 0.796. The number of hydrogen-bond donors (Lipinski definition) is 1. The molecule has 19 heavy (non-hydrogen) atoms. The van der Waals surface area contributed by atoms with Gasteiger partial charge in [-0.15, -0.1) is 0 Å². The van der Waals surface area contributed by atoms with Crippen molar-refractivity contribution < 1.29 is 9.18 Å². The molecule has 2 aliphatic rings. The average molecular weight is 262 g/mol. The molecule has 2 unspecified atom stereocenters. The van der Waals surface area contributed by atoms with Gasteiger partial charge in [0.1, 0.15) is 5.82 Å². The van der Waals surface area contributed by atoms with E-state index in [2.05, 4.69) is 0 Å². The van der Waals surface area contributed by atoms with Gasteiger partial charge in [0.15, 0.2) is 0 Å². The van der Waals surface area contributed by atoms with Crippen LogP contribution in [0.1, 0.15) is 42.5 Å². The van der Waals surface area contributed by atoms with Crippen molar-refractivity contribution in [3.63, 3.8) is 0 Å². The highest BCUT2D eigenvalue weighted by Crippen LogP contribution is 2.36. The molecule has 4 heteroatoms. The Morgan fingerprint density at radius 2 is 2.00 bits per heavy atom. The van der Waals surface area contributed by atoms with E-state index in [0.717, 1.165) is 19.4 Å². The highest BCUT2D eigenvalue weighted by molar-refractivity contribution is 5.95. The van der Waals surface area contributed by atoms with Crippen LogP contribution in [0.2, 0.25) is 0 Å². The molecule has 0 radical (unpaired) electrons. The summed E-state index contributed by atoms with van der Waals surface area (Å²) in [6.07, 6.45) is 5.86. The Morgan fingerprint density at radius 1 is 1.21 bits per heavy atom. The number of halogens is 1. The number of nitrogens with zero attached hydrogens (tertiary/aromatic N) is 1. The highest BCUT2D eigenvalue weighted by atomic mass is 19.1. The predicted octanol–water partition coefficient (Wildman–Crippen LogP) is 2.81. The fourth-order valence-electron chi connectivity index (χ4n) is 3.56. The van der Waals surface area contributed by atoms with Crippen LogP contribution in [0.4, 0.5) is 10.1 Å². The normalized spacial score (nSPS) is 26.3. The zero-order chi connectivity index (χ0) is 13.4. The first-order chi connectivity index (χ1) is 9.15. The van der Waals surface area contributed by atoms with Crippen molar-refractivity contribution in [2.45, 2.75) is 38.1 Å². The van der Waals surface area contributed by atoms with Crippen LogP contribution in [-0.2, 0) is 0 Å². The number of anilines is 1. The first-order valence-electron chi connectivity index (χ1n) is 7.02. The molecule has 1 aliphatic heterocycles. The lowest BCUT2D eigenvalue weighted by molar-refractivity contribution is 0.0689. The number of carbonyl (C=O) groups is 1. The third kappa shape index (κ3) is 2.31. The second-order valence-corrected chi connectivity index (χ2v) is 5.67. The zero-order valence-electron chi connectivity index (χ0n) is 10.9. The smallest absolute Gasteiger partial charge is 0.254 e. The van der Waals surface area contributed by atoms with E-state index in [-0.39, 0.29) is 5.91 Å². The quantitative estimate of drug-likeness (QED) is 0.791. The molecule has 0 aromatic heterocycles. The number of rotatable bonds is 1. The van der Waals surface area contributed by atoms with E-state index in [1.54, 1.807) is 6.07 Å². The van der Waals surface area contributed by atoms with Crippen molar-refractivity contribution in [2.75, 3.05) is 12.3 Å². The largest absolute Gasteiger partial charge is 0.399 e.